The van der Waals surface area contributed by atoms with Gasteiger partial charge in [-0.25, -0.2) is 4.79 Å². The van der Waals surface area contributed by atoms with Crippen LogP contribution in [0.4, 0.5) is 5.69 Å². The third-order valence-corrected chi connectivity index (χ3v) is 4.58. The van der Waals surface area contributed by atoms with Crippen LogP contribution in [0.25, 0.3) is 11.5 Å². The van der Waals surface area contributed by atoms with Crippen molar-refractivity contribution in [2.75, 3.05) is 11.4 Å². The Morgan fingerprint density at radius 1 is 1.11 bits per heavy atom. The fourth-order valence-electron chi connectivity index (χ4n) is 3.16. The first-order valence-electron chi connectivity index (χ1n) is 9.12. The summed E-state index contributed by atoms with van der Waals surface area (Å²) in [6.45, 7) is 2.27. The molecule has 142 valence electrons. The van der Waals surface area contributed by atoms with E-state index in [0.29, 0.717) is 30.1 Å². The van der Waals surface area contributed by atoms with Crippen molar-refractivity contribution in [2.45, 2.75) is 25.9 Å². The smallest absolute Gasteiger partial charge is 0.341 e. The van der Waals surface area contributed by atoms with Crippen LogP contribution in [0.3, 0.4) is 0 Å². The largest absolute Gasteiger partial charge is 0.449 e. The minimum absolute atomic E-state index is 0.0118. The summed E-state index contributed by atoms with van der Waals surface area (Å²) in [6, 6.07) is 16.3. The van der Waals surface area contributed by atoms with Crippen molar-refractivity contribution in [3.63, 3.8) is 0 Å². The van der Waals surface area contributed by atoms with E-state index in [1.54, 1.807) is 36.1 Å². The van der Waals surface area contributed by atoms with Crippen LogP contribution in [0.1, 0.15) is 42.1 Å². The molecule has 7 heteroatoms. The number of amides is 1. The normalized spacial score (nSPS) is 14.9. The Balaban J connectivity index is 1.52. The third-order valence-electron chi connectivity index (χ3n) is 4.58. The number of ether oxygens (including phenoxy) is 1. The molecular weight excluding hydrogens is 358 g/mol. The number of esters is 1. The number of carbonyl (C=O) groups is 2. The number of hydrogen-bond acceptors (Lipinski definition) is 6. The molecule has 1 amide bonds. The quantitative estimate of drug-likeness (QED) is 0.629. The summed E-state index contributed by atoms with van der Waals surface area (Å²) in [7, 11) is 0. The first kappa shape index (κ1) is 17.9. The van der Waals surface area contributed by atoms with Gasteiger partial charge in [-0.3, -0.25) is 4.79 Å². The van der Waals surface area contributed by atoms with Gasteiger partial charge >= 0.3 is 5.97 Å². The monoisotopic (exact) mass is 377 g/mol. The molecule has 0 saturated carbocycles. The van der Waals surface area contributed by atoms with Gasteiger partial charge in [-0.1, -0.05) is 30.3 Å². The van der Waals surface area contributed by atoms with E-state index in [2.05, 4.69) is 10.2 Å². The Labute approximate surface area is 161 Å². The van der Waals surface area contributed by atoms with Gasteiger partial charge in [0.25, 0.3) is 5.89 Å². The highest BCUT2D eigenvalue weighted by Gasteiger charge is 2.27. The second-order valence-electron chi connectivity index (χ2n) is 6.53. The van der Waals surface area contributed by atoms with Crippen molar-refractivity contribution < 1.29 is 18.7 Å². The zero-order valence-corrected chi connectivity index (χ0v) is 15.4. The van der Waals surface area contributed by atoms with E-state index in [1.807, 2.05) is 30.3 Å². The van der Waals surface area contributed by atoms with Crippen molar-refractivity contribution >= 4 is 17.6 Å². The van der Waals surface area contributed by atoms with E-state index in [9.17, 15) is 9.59 Å². The first-order chi connectivity index (χ1) is 13.6. The van der Waals surface area contributed by atoms with Crippen LogP contribution < -0.4 is 4.90 Å². The van der Waals surface area contributed by atoms with Crippen LogP contribution in [-0.4, -0.2) is 28.6 Å². The Morgan fingerprint density at radius 2 is 1.86 bits per heavy atom. The summed E-state index contributed by atoms with van der Waals surface area (Å²) < 4.78 is 11.2. The van der Waals surface area contributed by atoms with Gasteiger partial charge in [0.2, 0.25) is 11.8 Å². The van der Waals surface area contributed by atoms with Gasteiger partial charge in [0.15, 0.2) is 6.10 Å². The maximum absolute atomic E-state index is 12.7. The molecule has 1 aliphatic rings. The standard InChI is InChI=1S/C21H19N3O4/c1-14(19-22-23-20(28-19)15-8-3-2-4-9-15)27-21(26)16-10-5-6-11-17(16)24-13-7-12-18(24)25/h2-6,8-11,14H,7,12-13H2,1H3/t14-/m1/s1. The number of hydrogen-bond donors (Lipinski definition) is 0. The number of aromatic nitrogens is 2. The molecule has 0 bridgehead atoms. The summed E-state index contributed by atoms with van der Waals surface area (Å²) in [5.74, 6) is 0.0449. The van der Waals surface area contributed by atoms with Gasteiger partial charge in [0.05, 0.1) is 11.3 Å². The highest BCUT2D eigenvalue weighted by Crippen LogP contribution is 2.28. The molecule has 3 aromatic rings. The number of carbonyl (C=O) groups excluding carboxylic acids is 2. The molecule has 1 aromatic heterocycles. The molecule has 28 heavy (non-hydrogen) atoms. The van der Waals surface area contributed by atoms with Crippen molar-refractivity contribution in [2.24, 2.45) is 0 Å². The SMILES string of the molecule is C[C@@H](OC(=O)c1ccccc1N1CCCC1=O)c1nnc(-c2ccccc2)o1. The highest BCUT2D eigenvalue weighted by molar-refractivity contribution is 6.03. The molecule has 0 spiro atoms. The second kappa shape index (κ2) is 7.64. The molecule has 0 radical (unpaired) electrons. The van der Waals surface area contributed by atoms with Crippen molar-refractivity contribution in [3.05, 3.63) is 66.1 Å². The zero-order chi connectivity index (χ0) is 19.5. The number of nitrogens with zero attached hydrogens (tertiary/aromatic N) is 3. The fourth-order valence-corrected chi connectivity index (χ4v) is 3.16. The highest BCUT2D eigenvalue weighted by atomic mass is 16.6. The van der Waals surface area contributed by atoms with E-state index >= 15 is 0 Å². The van der Waals surface area contributed by atoms with Gasteiger partial charge in [-0.05, 0) is 37.6 Å². The maximum atomic E-state index is 12.7. The predicted molar refractivity (Wildman–Crippen MR) is 102 cm³/mol. The Hall–Kier alpha value is -3.48. The lowest BCUT2D eigenvalue weighted by Crippen LogP contribution is -2.26. The van der Waals surface area contributed by atoms with Crippen LogP contribution in [0.5, 0.6) is 0 Å². The molecule has 2 heterocycles. The fraction of sp³-hybridized carbons (Fsp3) is 0.238. The molecular formula is C21H19N3O4. The molecule has 0 aliphatic carbocycles. The van der Waals surface area contributed by atoms with Gasteiger partial charge in [0, 0.05) is 18.5 Å². The lowest BCUT2D eigenvalue weighted by molar-refractivity contribution is -0.117. The maximum Gasteiger partial charge on any atom is 0.341 e. The minimum Gasteiger partial charge on any atom is -0.449 e. The minimum atomic E-state index is -0.722. The van der Waals surface area contributed by atoms with Gasteiger partial charge in [0.1, 0.15) is 0 Å². The second-order valence-corrected chi connectivity index (χ2v) is 6.53. The van der Waals surface area contributed by atoms with Crippen molar-refractivity contribution in [1.82, 2.24) is 10.2 Å². The first-order valence-corrected chi connectivity index (χ1v) is 9.12. The van der Waals surface area contributed by atoms with Gasteiger partial charge in [-0.2, -0.15) is 0 Å². The topological polar surface area (TPSA) is 85.5 Å². The lowest BCUT2D eigenvalue weighted by atomic mass is 10.1. The number of para-hydroxylation sites is 1. The molecule has 2 aromatic carbocycles. The van der Waals surface area contributed by atoms with Crippen molar-refractivity contribution in [1.29, 1.82) is 0 Å². The zero-order valence-electron chi connectivity index (χ0n) is 15.4. The molecule has 4 rings (SSSR count). The van der Waals surface area contributed by atoms with Crippen LogP contribution in [0.2, 0.25) is 0 Å². The Kier molecular flexibility index (Phi) is 4.89. The molecule has 1 fully saturated rings. The van der Waals surface area contributed by atoms with Crippen molar-refractivity contribution in [3.8, 4) is 11.5 Å². The molecule has 1 saturated heterocycles. The van der Waals surface area contributed by atoms with Gasteiger partial charge < -0.3 is 14.1 Å². The van der Waals surface area contributed by atoms with Gasteiger partial charge in [-0.15, -0.1) is 10.2 Å². The summed E-state index contributed by atoms with van der Waals surface area (Å²) in [5, 5.41) is 8.01. The Bertz CT molecular complexity index is 1000. The number of benzene rings is 2. The average molecular weight is 377 g/mol. The number of rotatable bonds is 5. The lowest BCUT2D eigenvalue weighted by Gasteiger charge is -2.19. The molecule has 0 N–H and O–H groups in total. The van der Waals surface area contributed by atoms with E-state index < -0.39 is 12.1 Å². The summed E-state index contributed by atoms with van der Waals surface area (Å²) in [6.07, 6.45) is 0.548. The van der Waals surface area contributed by atoms with Crippen LogP contribution in [-0.2, 0) is 9.53 Å². The molecule has 0 unspecified atom stereocenters. The molecule has 7 nitrogen and oxygen atoms in total. The molecule has 1 aliphatic heterocycles. The Morgan fingerprint density at radius 3 is 2.61 bits per heavy atom. The van der Waals surface area contributed by atoms with Crippen LogP contribution >= 0.6 is 0 Å². The third kappa shape index (κ3) is 3.51. The predicted octanol–water partition coefficient (Wildman–Crippen LogP) is 3.78. The van der Waals surface area contributed by atoms with E-state index in [1.165, 1.54) is 0 Å². The number of anilines is 1. The van der Waals surface area contributed by atoms with E-state index in [0.717, 1.165) is 12.0 Å². The van der Waals surface area contributed by atoms with E-state index in [4.69, 9.17) is 9.15 Å². The van der Waals surface area contributed by atoms with Crippen LogP contribution in [0, 0.1) is 0 Å². The van der Waals surface area contributed by atoms with Crippen LogP contribution in [0.15, 0.2) is 59.0 Å². The summed E-state index contributed by atoms with van der Waals surface area (Å²) >= 11 is 0. The van der Waals surface area contributed by atoms with E-state index in [-0.39, 0.29) is 11.8 Å². The summed E-state index contributed by atoms with van der Waals surface area (Å²) in [4.78, 5) is 26.4. The average Bonchev–Trinajstić information content (AvgIpc) is 3.38. The molecule has 1 atom stereocenters. The summed E-state index contributed by atoms with van der Waals surface area (Å²) in [5.41, 5.74) is 1.70.